The molecular weight excluding hydrogens is 508 g/mol. The molecule has 2 rings (SSSR count). The highest BCUT2D eigenvalue weighted by Crippen LogP contribution is 2.38. The Labute approximate surface area is 206 Å². The van der Waals surface area contributed by atoms with Gasteiger partial charge in [-0.2, -0.15) is 0 Å². The second-order valence-electron chi connectivity index (χ2n) is 7.51. The van der Waals surface area contributed by atoms with E-state index in [2.05, 4.69) is 26.6 Å². The Morgan fingerprint density at radius 1 is 0.971 bits per heavy atom. The number of nitrogens with one attached hydrogen (secondary N) is 2. The number of ether oxygens (including phenoxy) is 3. The molecule has 0 saturated carbocycles. The normalized spacial score (nSPS) is 12.0. The van der Waals surface area contributed by atoms with E-state index in [0.29, 0.717) is 11.3 Å². The summed E-state index contributed by atoms with van der Waals surface area (Å²) in [6, 6.07) is 8.77. The summed E-state index contributed by atoms with van der Waals surface area (Å²) in [5.74, 6) is -2.09. The topological polar surface area (TPSA) is 123 Å². The first-order valence-electron chi connectivity index (χ1n) is 10.2. The first kappa shape index (κ1) is 26.7. The van der Waals surface area contributed by atoms with Gasteiger partial charge in [0.1, 0.15) is 11.7 Å². The molecule has 2 aromatic rings. The molecule has 9 nitrogen and oxygen atoms in total. The number of carboxylic acids is 1. The van der Waals surface area contributed by atoms with Crippen LogP contribution in [0.3, 0.4) is 0 Å². The smallest absolute Gasteiger partial charge is 0.326 e. The monoisotopic (exact) mass is 534 g/mol. The Hall–Kier alpha value is -3.53. The van der Waals surface area contributed by atoms with E-state index < -0.39 is 23.8 Å². The van der Waals surface area contributed by atoms with Crippen molar-refractivity contribution in [2.45, 2.75) is 19.9 Å². The zero-order valence-corrected chi connectivity index (χ0v) is 21.1. The van der Waals surface area contributed by atoms with E-state index in [1.54, 1.807) is 38.1 Å². The maximum Gasteiger partial charge on any atom is 0.326 e. The number of halogens is 1. The predicted octanol–water partition coefficient (Wildman–Crippen LogP) is 3.47. The number of amides is 2. The van der Waals surface area contributed by atoms with Gasteiger partial charge in [-0.3, -0.25) is 9.59 Å². The third-order valence-electron chi connectivity index (χ3n) is 4.82. The Morgan fingerprint density at radius 3 is 1.97 bits per heavy atom. The van der Waals surface area contributed by atoms with Crippen LogP contribution in [0.25, 0.3) is 6.08 Å². The van der Waals surface area contributed by atoms with Gasteiger partial charge >= 0.3 is 5.97 Å². The van der Waals surface area contributed by atoms with Crippen LogP contribution in [0.4, 0.5) is 0 Å². The lowest BCUT2D eigenvalue weighted by Gasteiger charge is -2.19. The molecule has 0 radical (unpaired) electrons. The quantitative estimate of drug-likeness (QED) is 0.398. The molecule has 0 spiro atoms. The number of carboxylic acid groups (broad SMARTS) is 1. The lowest BCUT2D eigenvalue weighted by molar-refractivity contribution is -0.142. The second kappa shape index (κ2) is 12.1. The van der Waals surface area contributed by atoms with E-state index in [4.69, 9.17) is 14.2 Å². The van der Waals surface area contributed by atoms with Crippen molar-refractivity contribution in [2.24, 2.45) is 5.92 Å². The number of carbonyl (C=O) groups excluding carboxylic acids is 2. The number of hydrogen-bond donors (Lipinski definition) is 3. The number of methoxy groups -OCH3 is 3. The summed E-state index contributed by atoms with van der Waals surface area (Å²) in [5, 5.41) is 14.5. The van der Waals surface area contributed by atoms with Gasteiger partial charge in [0.2, 0.25) is 5.75 Å². The zero-order chi connectivity index (χ0) is 25.4. The lowest BCUT2D eigenvalue weighted by Crippen LogP contribution is -2.47. The molecule has 2 aromatic carbocycles. The SMILES string of the molecule is COc1cc(C(=O)N/C(=C/c2ccc(Br)cc2)C(=O)N[C@@H](C(=O)O)C(C)C)cc(OC)c1OC. The van der Waals surface area contributed by atoms with Gasteiger partial charge < -0.3 is 30.0 Å². The summed E-state index contributed by atoms with van der Waals surface area (Å²) in [7, 11) is 4.28. The molecule has 0 bridgehead atoms. The van der Waals surface area contributed by atoms with Gasteiger partial charge in [0.15, 0.2) is 11.5 Å². The molecular formula is C24H27BrN2O7. The van der Waals surface area contributed by atoms with Crippen LogP contribution in [0.1, 0.15) is 29.8 Å². The molecule has 0 unspecified atom stereocenters. The fourth-order valence-electron chi connectivity index (χ4n) is 3.02. The fourth-order valence-corrected chi connectivity index (χ4v) is 3.29. The number of rotatable bonds is 10. The van der Waals surface area contributed by atoms with E-state index in [-0.39, 0.29) is 28.7 Å². The highest BCUT2D eigenvalue weighted by molar-refractivity contribution is 9.10. The second-order valence-corrected chi connectivity index (χ2v) is 8.43. The van der Waals surface area contributed by atoms with Crippen LogP contribution in [0, 0.1) is 5.92 Å². The number of hydrogen-bond acceptors (Lipinski definition) is 6. The fraction of sp³-hybridized carbons (Fsp3) is 0.292. The number of benzene rings is 2. The average molecular weight is 535 g/mol. The molecule has 3 N–H and O–H groups in total. The summed E-state index contributed by atoms with van der Waals surface area (Å²) in [6.07, 6.45) is 1.46. The Balaban J connectivity index is 2.45. The molecule has 10 heteroatoms. The highest BCUT2D eigenvalue weighted by Gasteiger charge is 2.26. The Kier molecular flexibility index (Phi) is 9.49. The van der Waals surface area contributed by atoms with Crippen LogP contribution < -0.4 is 24.8 Å². The van der Waals surface area contributed by atoms with Crippen molar-refractivity contribution in [2.75, 3.05) is 21.3 Å². The maximum absolute atomic E-state index is 13.1. The summed E-state index contributed by atoms with van der Waals surface area (Å²) in [4.78, 5) is 37.7. The van der Waals surface area contributed by atoms with Crippen molar-refractivity contribution >= 4 is 39.8 Å². The van der Waals surface area contributed by atoms with Crippen LogP contribution in [0.15, 0.2) is 46.6 Å². The van der Waals surface area contributed by atoms with Gasteiger partial charge in [-0.05, 0) is 41.8 Å². The molecule has 0 aliphatic carbocycles. The Morgan fingerprint density at radius 2 is 1.53 bits per heavy atom. The van der Waals surface area contributed by atoms with E-state index in [1.807, 2.05) is 0 Å². The summed E-state index contributed by atoms with van der Waals surface area (Å²) in [6.45, 7) is 3.34. The van der Waals surface area contributed by atoms with Gasteiger partial charge in [0, 0.05) is 10.0 Å². The van der Waals surface area contributed by atoms with Crippen molar-refractivity contribution in [1.29, 1.82) is 0 Å². The van der Waals surface area contributed by atoms with Crippen molar-refractivity contribution in [3.8, 4) is 17.2 Å². The Bertz CT molecular complexity index is 1060. The molecule has 2 amide bonds. The number of carbonyl (C=O) groups is 3. The standard InChI is InChI=1S/C24H27BrN2O7/c1-13(2)20(24(30)31)27-23(29)17(10-14-6-8-16(25)9-7-14)26-22(28)15-11-18(32-3)21(34-5)19(12-15)33-4/h6-13,20H,1-5H3,(H,26,28)(H,27,29)(H,30,31)/b17-10+/t20-/m1/s1. The molecule has 34 heavy (non-hydrogen) atoms. The largest absolute Gasteiger partial charge is 0.493 e. The van der Waals surface area contributed by atoms with Gasteiger partial charge in [-0.1, -0.05) is 41.9 Å². The van der Waals surface area contributed by atoms with Crippen LogP contribution >= 0.6 is 15.9 Å². The zero-order valence-electron chi connectivity index (χ0n) is 19.5. The summed E-state index contributed by atoms with van der Waals surface area (Å²) < 4.78 is 16.7. The van der Waals surface area contributed by atoms with E-state index >= 15 is 0 Å². The minimum atomic E-state index is -1.18. The molecule has 1 atom stereocenters. The molecule has 0 heterocycles. The van der Waals surface area contributed by atoms with Crippen molar-refractivity contribution < 1.29 is 33.7 Å². The van der Waals surface area contributed by atoms with Crippen molar-refractivity contribution in [1.82, 2.24) is 10.6 Å². The first-order valence-corrected chi connectivity index (χ1v) is 11.0. The van der Waals surface area contributed by atoms with Crippen LogP contribution in [0.5, 0.6) is 17.2 Å². The van der Waals surface area contributed by atoms with E-state index in [0.717, 1.165) is 4.47 Å². The maximum atomic E-state index is 13.1. The number of aliphatic carboxylic acids is 1. The molecule has 0 aromatic heterocycles. The lowest BCUT2D eigenvalue weighted by atomic mass is 10.0. The summed E-state index contributed by atoms with van der Waals surface area (Å²) >= 11 is 3.35. The van der Waals surface area contributed by atoms with E-state index in [1.165, 1.54) is 39.5 Å². The first-order chi connectivity index (χ1) is 16.1. The average Bonchev–Trinajstić information content (AvgIpc) is 2.81. The van der Waals surface area contributed by atoms with Gasteiger partial charge in [0.05, 0.1) is 21.3 Å². The van der Waals surface area contributed by atoms with Crippen LogP contribution in [-0.4, -0.2) is 50.3 Å². The molecule has 0 fully saturated rings. The van der Waals surface area contributed by atoms with Crippen molar-refractivity contribution in [3.63, 3.8) is 0 Å². The predicted molar refractivity (Wildman–Crippen MR) is 130 cm³/mol. The van der Waals surface area contributed by atoms with Crippen LogP contribution in [0.2, 0.25) is 0 Å². The van der Waals surface area contributed by atoms with Gasteiger partial charge in [-0.15, -0.1) is 0 Å². The van der Waals surface area contributed by atoms with Gasteiger partial charge in [0.25, 0.3) is 11.8 Å². The highest BCUT2D eigenvalue weighted by atomic mass is 79.9. The van der Waals surface area contributed by atoms with Crippen LogP contribution in [-0.2, 0) is 9.59 Å². The summed E-state index contributed by atoms with van der Waals surface area (Å²) in [5.41, 5.74) is 0.630. The molecule has 0 aliphatic heterocycles. The minimum Gasteiger partial charge on any atom is -0.493 e. The molecule has 0 saturated heterocycles. The molecule has 0 aliphatic rings. The minimum absolute atomic E-state index is 0.132. The molecule has 182 valence electrons. The van der Waals surface area contributed by atoms with Gasteiger partial charge in [-0.25, -0.2) is 4.79 Å². The third-order valence-corrected chi connectivity index (χ3v) is 5.35. The van der Waals surface area contributed by atoms with E-state index in [9.17, 15) is 19.5 Å². The van der Waals surface area contributed by atoms with Crippen molar-refractivity contribution in [3.05, 3.63) is 57.7 Å². The third kappa shape index (κ3) is 6.74.